The van der Waals surface area contributed by atoms with E-state index in [0.717, 1.165) is 42.1 Å². The van der Waals surface area contributed by atoms with E-state index in [0.29, 0.717) is 24.3 Å². The van der Waals surface area contributed by atoms with Crippen molar-refractivity contribution in [3.63, 3.8) is 0 Å². The second-order valence-electron chi connectivity index (χ2n) is 7.61. The Hall–Kier alpha value is -2.62. The minimum Gasteiger partial charge on any atom is -0.467 e. The first-order chi connectivity index (χ1) is 14.3. The molecule has 152 valence electrons. The number of benzene rings is 1. The summed E-state index contributed by atoms with van der Waals surface area (Å²) in [5.74, 6) is 4.72. The van der Waals surface area contributed by atoms with Crippen LogP contribution >= 0.6 is 0 Å². The Bertz CT molecular complexity index is 883. The fourth-order valence-electron chi connectivity index (χ4n) is 3.69. The molecule has 2 aromatic rings. The van der Waals surface area contributed by atoms with Gasteiger partial charge >= 0.3 is 0 Å². The van der Waals surface area contributed by atoms with Gasteiger partial charge in [0.15, 0.2) is 6.79 Å². The number of anilines is 1. The summed E-state index contributed by atoms with van der Waals surface area (Å²) in [5.41, 5.74) is 3.77. The minimum absolute atomic E-state index is 0.179. The second-order valence-corrected chi connectivity index (χ2v) is 7.61. The number of hydrogen-bond donors (Lipinski definition) is 2. The Morgan fingerprint density at radius 3 is 2.86 bits per heavy atom. The third-order valence-corrected chi connectivity index (χ3v) is 5.39. The Morgan fingerprint density at radius 1 is 1.24 bits per heavy atom. The molecular formula is C23H28N4O2. The van der Waals surface area contributed by atoms with Gasteiger partial charge in [-0.1, -0.05) is 5.92 Å². The molecule has 0 radical (unpaired) electrons. The van der Waals surface area contributed by atoms with Crippen LogP contribution in [-0.4, -0.2) is 42.7 Å². The van der Waals surface area contributed by atoms with Gasteiger partial charge in [-0.15, -0.1) is 16.6 Å². The highest BCUT2D eigenvalue weighted by Gasteiger charge is 2.29. The molecule has 4 rings (SSSR count). The third-order valence-electron chi connectivity index (χ3n) is 5.39. The molecule has 0 amide bonds. The van der Waals surface area contributed by atoms with Crippen molar-refractivity contribution in [1.82, 2.24) is 15.5 Å². The van der Waals surface area contributed by atoms with Crippen LogP contribution in [0.2, 0.25) is 0 Å². The summed E-state index contributed by atoms with van der Waals surface area (Å²) in [7, 11) is 0. The normalized spacial score (nSPS) is 18.8. The van der Waals surface area contributed by atoms with Crippen LogP contribution in [0.5, 0.6) is 5.75 Å². The monoisotopic (exact) mass is 392 g/mol. The smallest absolute Gasteiger partial charge is 0.189 e. The summed E-state index contributed by atoms with van der Waals surface area (Å²) in [6, 6.07) is 8.32. The first-order valence-electron chi connectivity index (χ1n) is 10.4. The largest absolute Gasteiger partial charge is 0.467 e. The third kappa shape index (κ3) is 4.87. The summed E-state index contributed by atoms with van der Waals surface area (Å²) in [6.45, 7) is 4.76. The lowest BCUT2D eigenvalue weighted by atomic mass is 10.0. The fourth-order valence-corrected chi connectivity index (χ4v) is 3.69. The van der Waals surface area contributed by atoms with Gasteiger partial charge in [-0.25, -0.2) is 0 Å². The molecule has 0 unspecified atom stereocenters. The number of aromatic nitrogens is 2. The number of nitrogens with zero attached hydrogens (tertiary/aromatic N) is 2. The van der Waals surface area contributed by atoms with Crippen molar-refractivity contribution in [1.29, 1.82) is 0 Å². The molecule has 1 aromatic heterocycles. The van der Waals surface area contributed by atoms with Gasteiger partial charge in [0.1, 0.15) is 17.3 Å². The molecule has 6 nitrogen and oxygen atoms in total. The average Bonchev–Trinajstić information content (AvgIpc) is 3.60. The molecule has 1 saturated carbocycles. The van der Waals surface area contributed by atoms with Gasteiger partial charge in [0.05, 0.1) is 0 Å². The van der Waals surface area contributed by atoms with Gasteiger partial charge in [-0.3, -0.25) is 0 Å². The molecule has 0 bridgehead atoms. The van der Waals surface area contributed by atoms with Gasteiger partial charge in [0, 0.05) is 30.3 Å². The van der Waals surface area contributed by atoms with Crippen molar-refractivity contribution in [2.45, 2.75) is 44.6 Å². The van der Waals surface area contributed by atoms with E-state index in [9.17, 15) is 0 Å². The number of terminal acetylenes is 1. The molecule has 1 aliphatic heterocycles. The van der Waals surface area contributed by atoms with E-state index in [1.807, 2.05) is 25.1 Å². The Kier molecular flexibility index (Phi) is 6.28. The van der Waals surface area contributed by atoms with Crippen LogP contribution in [0, 0.1) is 12.3 Å². The van der Waals surface area contributed by atoms with Crippen LogP contribution in [0.1, 0.15) is 49.7 Å². The fraction of sp³-hybridized carbons (Fsp3) is 0.478. The van der Waals surface area contributed by atoms with E-state index in [1.165, 1.54) is 24.8 Å². The molecule has 2 N–H and O–H groups in total. The zero-order valence-electron chi connectivity index (χ0n) is 16.9. The van der Waals surface area contributed by atoms with Gasteiger partial charge in [-0.2, -0.15) is 0 Å². The molecule has 1 aromatic carbocycles. The van der Waals surface area contributed by atoms with E-state index < -0.39 is 0 Å². The molecule has 1 atom stereocenters. The van der Waals surface area contributed by atoms with E-state index in [1.54, 1.807) is 0 Å². The molecular weight excluding hydrogens is 364 g/mol. The highest BCUT2D eigenvalue weighted by atomic mass is 16.7. The summed E-state index contributed by atoms with van der Waals surface area (Å²) >= 11 is 0. The van der Waals surface area contributed by atoms with Crippen LogP contribution in [0.3, 0.4) is 0 Å². The van der Waals surface area contributed by atoms with E-state index in [4.69, 9.17) is 15.9 Å². The van der Waals surface area contributed by atoms with Gasteiger partial charge < -0.3 is 20.1 Å². The molecule has 0 spiro atoms. The zero-order chi connectivity index (χ0) is 20.1. The molecule has 2 aliphatic rings. The van der Waals surface area contributed by atoms with Crippen molar-refractivity contribution in [2.24, 2.45) is 0 Å². The maximum atomic E-state index is 5.87. The number of ether oxygens (including phenoxy) is 2. The predicted octanol–water partition coefficient (Wildman–Crippen LogP) is 3.54. The molecule has 2 fully saturated rings. The van der Waals surface area contributed by atoms with Gasteiger partial charge in [-0.05, 0) is 74.9 Å². The second kappa shape index (κ2) is 9.25. The molecule has 1 saturated heterocycles. The Balaban J connectivity index is 1.64. The molecule has 6 heteroatoms. The molecule has 29 heavy (non-hydrogen) atoms. The summed E-state index contributed by atoms with van der Waals surface area (Å²) < 4.78 is 11.2. The van der Waals surface area contributed by atoms with Crippen LogP contribution < -0.4 is 15.4 Å². The topological polar surface area (TPSA) is 68.3 Å². The van der Waals surface area contributed by atoms with Gasteiger partial charge in [0.2, 0.25) is 0 Å². The summed E-state index contributed by atoms with van der Waals surface area (Å²) in [6.07, 6.45) is 10.3. The number of hydrogen-bond acceptors (Lipinski definition) is 6. The zero-order valence-corrected chi connectivity index (χ0v) is 16.9. The molecule has 1 aliphatic carbocycles. The average molecular weight is 393 g/mol. The summed E-state index contributed by atoms with van der Waals surface area (Å²) in [4.78, 5) is 0. The lowest BCUT2D eigenvalue weighted by Gasteiger charge is -2.24. The van der Waals surface area contributed by atoms with Crippen molar-refractivity contribution in [3.8, 4) is 29.4 Å². The highest BCUT2D eigenvalue weighted by Crippen LogP contribution is 2.45. The lowest BCUT2D eigenvalue weighted by Crippen LogP contribution is -2.38. The maximum Gasteiger partial charge on any atom is 0.189 e. The van der Waals surface area contributed by atoms with Crippen LogP contribution in [-0.2, 0) is 4.74 Å². The number of rotatable bonds is 8. The Labute approximate surface area is 172 Å². The Morgan fingerprint density at radius 2 is 2.14 bits per heavy atom. The van der Waals surface area contributed by atoms with Gasteiger partial charge in [0.25, 0.3) is 0 Å². The first kappa shape index (κ1) is 19.7. The standard InChI is InChI=1S/C23H28N4O2/c1-3-16-7-10-19(21(12-16)29-15-28-4-2)23-20(17-8-9-17)13-22(26-27-23)25-18-6-5-11-24-14-18/h1,7,10,12-13,17-18,24H,4-6,8-9,11,14-15H2,2H3,(H,25,26)/t18-/m1/s1. The van der Waals surface area contributed by atoms with E-state index in [2.05, 4.69) is 32.8 Å². The lowest BCUT2D eigenvalue weighted by molar-refractivity contribution is 0.0227. The SMILES string of the molecule is C#Cc1ccc(-c2nnc(N[C@@H]3CCCNC3)cc2C2CC2)c(OCOCC)c1. The summed E-state index contributed by atoms with van der Waals surface area (Å²) in [5, 5.41) is 16.1. The van der Waals surface area contributed by atoms with Crippen molar-refractivity contribution in [2.75, 3.05) is 31.8 Å². The van der Waals surface area contributed by atoms with E-state index in [-0.39, 0.29) is 6.79 Å². The number of nitrogens with one attached hydrogen (secondary N) is 2. The predicted molar refractivity (Wildman–Crippen MR) is 114 cm³/mol. The van der Waals surface area contributed by atoms with Crippen molar-refractivity contribution in [3.05, 3.63) is 35.4 Å². The van der Waals surface area contributed by atoms with Crippen molar-refractivity contribution >= 4 is 5.82 Å². The minimum atomic E-state index is 0.179. The maximum absolute atomic E-state index is 5.87. The van der Waals surface area contributed by atoms with Crippen molar-refractivity contribution < 1.29 is 9.47 Å². The van der Waals surface area contributed by atoms with Crippen LogP contribution in [0.15, 0.2) is 24.3 Å². The first-order valence-corrected chi connectivity index (χ1v) is 10.4. The van der Waals surface area contributed by atoms with Crippen LogP contribution in [0.4, 0.5) is 5.82 Å². The quantitative estimate of drug-likeness (QED) is 0.407. The molecule has 2 heterocycles. The number of piperidine rings is 1. The highest BCUT2D eigenvalue weighted by molar-refractivity contribution is 5.73. The van der Waals surface area contributed by atoms with E-state index >= 15 is 0 Å². The van der Waals surface area contributed by atoms with Crippen LogP contribution in [0.25, 0.3) is 11.3 Å².